The van der Waals surface area contributed by atoms with Crippen LogP contribution in [0.25, 0.3) is 0 Å². The standard InChI is InChI=1S/C21H31BF3N3O5/c1-20(26,10-4-2-3-5-17(29)30)19(22(32)33)28-13-11-27(12-14-28)18(31)15-6-8-16(9-7-15)21(23,24)25/h6-9,19,32-33H,2-5,10-14,26H2,1H3,(H,29,30). The number of alkyl halides is 3. The number of hydrogen-bond acceptors (Lipinski definition) is 6. The third kappa shape index (κ3) is 7.70. The molecule has 1 fully saturated rings. The van der Waals surface area contributed by atoms with Crippen molar-refractivity contribution < 1.29 is 37.9 Å². The van der Waals surface area contributed by atoms with Gasteiger partial charge in [-0.15, -0.1) is 0 Å². The summed E-state index contributed by atoms with van der Waals surface area (Å²) in [4.78, 5) is 26.6. The first-order chi connectivity index (χ1) is 15.3. The van der Waals surface area contributed by atoms with Crippen LogP contribution < -0.4 is 5.73 Å². The Balaban J connectivity index is 1.94. The summed E-state index contributed by atoms with van der Waals surface area (Å²) < 4.78 is 38.2. The van der Waals surface area contributed by atoms with Crippen LogP contribution in [0.1, 0.15) is 54.9 Å². The number of amides is 1. The van der Waals surface area contributed by atoms with Gasteiger partial charge < -0.3 is 25.8 Å². The van der Waals surface area contributed by atoms with Gasteiger partial charge in [-0.05, 0) is 44.0 Å². The lowest BCUT2D eigenvalue weighted by atomic mass is 9.65. The molecule has 1 aliphatic rings. The summed E-state index contributed by atoms with van der Waals surface area (Å²) in [6, 6.07) is 4.05. The van der Waals surface area contributed by atoms with Gasteiger partial charge in [0.05, 0.1) is 11.5 Å². The molecule has 0 aliphatic carbocycles. The lowest BCUT2D eigenvalue weighted by Crippen LogP contribution is -2.67. The normalized spacial score (nSPS) is 18.0. The van der Waals surface area contributed by atoms with Crippen LogP contribution in [-0.2, 0) is 11.0 Å². The van der Waals surface area contributed by atoms with Crippen molar-refractivity contribution in [2.45, 2.75) is 56.7 Å². The number of carboxylic acid groups (broad SMARTS) is 1. The molecule has 2 unspecified atom stereocenters. The van der Waals surface area contributed by atoms with Crippen molar-refractivity contribution in [3.63, 3.8) is 0 Å². The maximum absolute atomic E-state index is 12.7. The third-order valence-electron chi connectivity index (χ3n) is 6.02. The molecule has 184 valence electrons. The van der Waals surface area contributed by atoms with E-state index in [4.69, 9.17) is 10.8 Å². The highest BCUT2D eigenvalue weighted by atomic mass is 19.4. The fourth-order valence-electron chi connectivity index (χ4n) is 4.24. The van der Waals surface area contributed by atoms with E-state index in [0.717, 1.165) is 24.3 Å². The number of hydrogen-bond donors (Lipinski definition) is 4. The lowest BCUT2D eigenvalue weighted by Gasteiger charge is -2.45. The minimum Gasteiger partial charge on any atom is -0.481 e. The number of carbonyl (C=O) groups is 2. The Kier molecular flexibility index (Phi) is 9.30. The highest BCUT2D eigenvalue weighted by Gasteiger charge is 2.43. The Hall–Kier alpha value is -2.15. The monoisotopic (exact) mass is 473 g/mol. The number of nitrogens with zero attached hydrogens (tertiary/aromatic N) is 2. The molecule has 1 aliphatic heterocycles. The van der Waals surface area contributed by atoms with Crippen LogP contribution in [0.3, 0.4) is 0 Å². The third-order valence-corrected chi connectivity index (χ3v) is 6.02. The Morgan fingerprint density at radius 3 is 2.12 bits per heavy atom. The van der Waals surface area contributed by atoms with E-state index in [9.17, 15) is 32.8 Å². The number of carboxylic acids is 1. The Labute approximate surface area is 191 Å². The van der Waals surface area contributed by atoms with Crippen LogP contribution in [0.2, 0.25) is 0 Å². The van der Waals surface area contributed by atoms with E-state index in [2.05, 4.69) is 0 Å². The summed E-state index contributed by atoms with van der Waals surface area (Å²) in [7, 11) is -1.71. The predicted molar refractivity (Wildman–Crippen MR) is 116 cm³/mol. The molecule has 5 N–H and O–H groups in total. The van der Waals surface area contributed by atoms with Gasteiger partial charge >= 0.3 is 19.3 Å². The number of halogens is 3. The first-order valence-corrected chi connectivity index (χ1v) is 10.9. The highest BCUT2D eigenvalue weighted by Crippen LogP contribution is 2.29. The predicted octanol–water partition coefficient (Wildman–Crippen LogP) is 1.60. The number of piperazine rings is 1. The van der Waals surface area contributed by atoms with Crippen LogP contribution in [0.5, 0.6) is 0 Å². The smallest absolute Gasteiger partial charge is 0.471 e. The van der Waals surface area contributed by atoms with E-state index in [1.165, 1.54) is 4.90 Å². The maximum Gasteiger partial charge on any atom is 0.471 e. The molecule has 1 saturated heterocycles. The van der Waals surface area contributed by atoms with Crippen molar-refractivity contribution >= 4 is 19.0 Å². The van der Waals surface area contributed by atoms with Gasteiger partial charge in [0.1, 0.15) is 0 Å². The molecule has 0 spiro atoms. The largest absolute Gasteiger partial charge is 0.481 e. The average molecular weight is 473 g/mol. The molecule has 0 bridgehead atoms. The number of rotatable bonds is 10. The number of unbranched alkanes of at least 4 members (excludes halogenated alkanes) is 2. The van der Waals surface area contributed by atoms with E-state index in [1.807, 2.05) is 0 Å². The van der Waals surface area contributed by atoms with Gasteiger partial charge in [0, 0.05) is 43.7 Å². The van der Waals surface area contributed by atoms with Crippen molar-refractivity contribution in [2.24, 2.45) is 5.73 Å². The topological polar surface area (TPSA) is 127 Å². The fourth-order valence-corrected chi connectivity index (χ4v) is 4.24. The molecule has 0 radical (unpaired) electrons. The van der Waals surface area contributed by atoms with Crippen molar-refractivity contribution in [3.05, 3.63) is 35.4 Å². The van der Waals surface area contributed by atoms with E-state index >= 15 is 0 Å². The van der Waals surface area contributed by atoms with E-state index in [-0.39, 0.29) is 25.1 Å². The number of benzene rings is 1. The number of nitrogens with two attached hydrogens (primary N) is 1. The highest BCUT2D eigenvalue weighted by molar-refractivity contribution is 6.43. The van der Waals surface area contributed by atoms with Gasteiger partial charge in [0.15, 0.2) is 0 Å². The average Bonchev–Trinajstić information content (AvgIpc) is 2.72. The minimum atomic E-state index is -4.47. The second kappa shape index (κ2) is 11.3. The SMILES string of the molecule is CC(N)(CCCCCC(=O)O)C(B(O)O)N1CCN(C(=O)c2ccc(C(F)(F)F)cc2)CC1. The van der Waals surface area contributed by atoms with Crippen molar-refractivity contribution in [3.8, 4) is 0 Å². The van der Waals surface area contributed by atoms with Crippen LogP contribution in [0.4, 0.5) is 13.2 Å². The molecule has 8 nitrogen and oxygen atoms in total. The zero-order valence-electron chi connectivity index (χ0n) is 18.6. The zero-order chi connectivity index (χ0) is 24.8. The molecule has 2 atom stereocenters. The minimum absolute atomic E-state index is 0.0717. The summed E-state index contributed by atoms with van der Waals surface area (Å²) in [5, 5.41) is 28.7. The molecule has 1 heterocycles. The van der Waals surface area contributed by atoms with E-state index in [0.29, 0.717) is 38.8 Å². The molecule has 1 aromatic rings. The fraction of sp³-hybridized carbons (Fsp3) is 0.619. The van der Waals surface area contributed by atoms with Gasteiger partial charge in [0.25, 0.3) is 5.91 Å². The molecule has 33 heavy (non-hydrogen) atoms. The van der Waals surface area contributed by atoms with Crippen LogP contribution in [0.15, 0.2) is 24.3 Å². The van der Waals surface area contributed by atoms with Gasteiger partial charge in [0.2, 0.25) is 0 Å². The summed E-state index contributed by atoms with van der Waals surface area (Å²) in [5.41, 5.74) is 4.79. The van der Waals surface area contributed by atoms with Crippen molar-refractivity contribution in [1.82, 2.24) is 9.80 Å². The second-order valence-corrected chi connectivity index (χ2v) is 8.72. The Bertz CT molecular complexity index is 797. The second-order valence-electron chi connectivity index (χ2n) is 8.72. The summed E-state index contributed by atoms with van der Waals surface area (Å²) >= 11 is 0. The number of carbonyl (C=O) groups excluding carboxylic acids is 1. The maximum atomic E-state index is 12.7. The van der Waals surface area contributed by atoms with Gasteiger partial charge in [-0.25, -0.2) is 0 Å². The molecule has 0 aromatic heterocycles. The van der Waals surface area contributed by atoms with E-state index in [1.54, 1.807) is 11.8 Å². The lowest BCUT2D eigenvalue weighted by molar-refractivity contribution is -0.138. The Morgan fingerprint density at radius 2 is 1.64 bits per heavy atom. The molecule has 1 amide bonds. The number of aliphatic carboxylic acids is 1. The van der Waals surface area contributed by atoms with Crippen LogP contribution in [-0.4, -0.2) is 81.6 Å². The Morgan fingerprint density at radius 1 is 1.06 bits per heavy atom. The van der Waals surface area contributed by atoms with E-state index < -0.39 is 42.2 Å². The molecule has 12 heteroatoms. The zero-order valence-corrected chi connectivity index (χ0v) is 18.6. The van der Waals surface area contributed by atoms with Gasteiger partial charge in [-0.1, -0.05) is 12.8 Å². The molecule has 2 rings (SSSR count). The summed E-state index contributed by atoms with van der Waals surface area (Å²) in [5.74, 6) is -2.04. The van der Waals surface area contributed by atoms with Crippen molar-refractivity contribution in [1.29, 1.82) is 0 Å². The van der Waals surface area contributed by atoms with Gasteiger partial charge in [-0.3, -0.25) is 14.5 Å². The first kappa shape index (κ1) is 27.1. The first-order valence-electron chi connectivity index (χ1n) is 10.9. The molecular formula is C21H31BF3N3O5. The van der Waals surface area contributed by atoms with Crippen LogP contribution >= 0.6 is 0 Å². The quantitative estimate of drug-likeness (QED) is 0.300. The molecule has 1 aromatic carbocycles. The summed E-state index contributed by atoms with van der Waals surface area (Å²) in [6.07, 6.45) is -2.14. The summed E-state index contributed by atoms with van der Waals surface area (Å²) in [6.45, 7) is 2.88. The van der Waals surface area contributed by atoms with Crippen LogP contribution in [0, 0.1) is 0 Å². The van der Waals surface area contributed by atoms with Gasteiger partial charge in [-0.2, -0.15) is 13.2 Å². The molecular weight excluding hydrogens is 442 g/mol. The van der Waals surface area contributed by atoms with Crippen molar-refractivity contribution in [2.75, 3.05) is 26.2 Å². The molecule has 0 saturated carbocycles.